The minimum Gasteiger partial charge on any atom is -0.462 e. The molecule has 0 spiro atoms. The van der Waals surface area contributed by atoms with E-state index in [0.29, 0.717) is 21.9 Å². The number of thiophene rings is 1. The fraction of sp³-hybridized carbons (Fsp3) is 0.333. The number of carbonyl (C=O) groups excluding carboxylic acids is 2. The maximum atomic E-state index is 12.8. The van der Waals surface area contributed by atoms with Crippen LogP contribution in [0.1, 0.15) is 23.0 Å². The summed E-state index contributed by atoms with van der Waals surface area (Å²) in [5, 5.41) is 5.22. The molecule has 0 aliphatic carbocycles. The van der Waals surface area contributed by atoms with E-state index in [9.17, 15) is 9.59 Å². The van der Waals surface area contributed by atoms with E-state index in [1.54, 1.807) is 6.92 Å². The van der Waals surface area contributed by atoms with Crippen LogP contribution >= 0.6 is 11.3 Å². The van der Waals surface area contributed by atoms with E-state index in [-0.39, 0.29) is 19.1 Å². The summed E-state index contributed by atoms with van der Waals surface area (Å²) in [6.45, 7) is 7.47. The lowest BCUT2D eigenvalue weighted by molar-refractivity contribution is -0.117. The fourth-order valence-electron chi connectivity index (χ4n) is 3.79. The zero-order valence-electron chi connectivity index (χ0n) is 18.3. The molecule has 0 bridgehead atoms. The highest BCUT2D eigenvalue weighted by Gasteiger charge is 2.25. The summed E-state index contributed by atoms with van der Waals surface area (Å²) >= 11 is 1.30. The Labute approximate surface area is 191 Å². The molecular weight excluding hydrogens is 426 g/mol. The van der Waals surface area contributed by atoms with Gasteiger partial charge in [-0.15, -0.1) is 11.3 Å². The van der Waals surface area contributed by atoms with E-state index in [1.807, 2.05) is 42.6 Å². The topological polar surface area (TPSA) is 75.0 Å². The molecular formula is C24H27N3O4S. The molecule has 0 saturated carbocycles. The largest absolute Gasteiger partial charge is 0.462 e. The molecule has 1 fully saturated rings. The Morgan fingerprint density at radius 3 is 2.50 bits per heavy atom. The predicted molar refractivity (Wildman–Crippen MR) is 126 cm³/mol. The molecule has 0 atom stereocenters. The van der Waals surface area contributed by atoms with Crippen molar-refractivity contribution >= 4 is 33.9 Å². The van der Waals surface area contributed by atoms with E-state index >= 15 is 0 Å². The Hall–Kier alpha value is -3.10. The number of para-hydroxylation sites is 1. The Kier molecular flexibility index (Phi) is 6.92. The number of esters is 1. The van der Waals surface area contributed by atoms with Gasteiger partial charge in [0.15, 0.2) is 0 Å². The minimum absolute atomic E-state index is 0.146. The van der Waals surface area contributed by atoms with Gasteiger partial charge in [0.05, 0.1) is 13.2 Å². The summed E-state index contributed by atoms with van der Waals surface area (Å²) in [4.78, 5) is 29.9. The van der Waals surface area contributed by atoms with Crippen LogP contribution < -0.4 is 10.2 Å². The maximum Gasteiger partial charge on any atom is 0.341 e. The quantitative estimate of drug-likeness (QED) is 0.539. The highest BCUT2D eigenvalue weighted by Crippen LogP contribution is 2.37. The summed E-state index contributed by atoms with van der Waals surface area (Å²) in [5.41, 5.74) is 2.18. The van der Waals surface area contributed by atoms with Crippen LogP contribution in [0, 0.1) is 6.92 Å². The van der Waals surface area contributed by atoms with Crippen LogP contribution in [0.4, 0.5) is 10.7 Å². The number of nitrogens with zero attached hydrogens (tertiary/aromatic N) is 2. The van der Waals surface area contributed by atoms with Crippen molar-refractivity contribution in [1.82, 2.24) is 4.90 Å². The van der Waals surface area contributed by atoms with Crippen LogP contribution in [-0.2, 0) is 9.53 Å². The second-order valence-electron chi connectivity index (χ2n) is 7.63. The van der Waals surface area contributed by atoms with Gasteiger partial charge in [0.25, 0.3) is 0 Å². The second kappa shape index (κ2) is 10.0. The van der Waals surface area contributed by atoms with Gasteiger partial charge in [-0.25, -0.2) is 4.79 Å². The molecule has 7 nitrogen and oxygen atoms in total. The summed E-state index contributed by atoms with van der Waals surface area (Å²) < 4.78 is 10.9. The van der Waals surface area contributed by atoms with Crippen molar-refractivity contribution in [3.63, 3.8) is 0 Å². The third-order valence-electron chi connectivity index (χ3n) is 5.39. The molecule has 0 unspecified atom stereocenters. The second-order valence-corrected chi connectivity index (χ2v) is 8.51. The lowest BCUT2D eigenvalue weighted by Crippen LogP contribution is -2.48. The summed E-state index contributed by atoms with van der Waals surface area (Å²) in [7, 11) is 0. The molecule has 8 heteroatoms. The van der Waals surface area contributed by atoms with Crippen LogP contribution in [0.2, 0.25) is 0 Å². The molecule has 1 amide bonds. The van der Waals surface area contributed by atoms with E-state index in [1.165, 1.54) is 17.0 Å². The standard InChI is InChI=1S/C24H27N3O4S/c1-3-30-24(29)22-19(20-10-9-17(2)31-20)16-32-23(22)25-21(28)15-26-11-13-27(14-12-26)18-7-5-4-6-8-18/h4-10,16H,3,11-15H2,1-2H3,(H,25,28). The van der Waals surface area contributed by atoms with Crippen LogP contribution in [0.15, 0.2) is 52.3 Å². The van der Waals surface area contributed by atoms with E-state index in [4.69, 9.17) is 9.15 Å². The third kappa shape index (κ3) is 5.03. The van der Waals surface area contributed by atoms with Crippen molar-refractivity contribution < 1.29 is 18.7 Å². The summed E-state index contributed by atoms with van der Waals surface area (Å²) in [5.74, 6) is 0.720. The average molecular weight is 454 g/mol. The van der Waals surface area contributed by atoms with Gasteiger partial charge in [-0.1, -0.05) is 18.2 Å². The van der Waals surface area contributed by atoms with E-state index in [2.05, 4.69) is 27.2 Å². The summed E-state index contributed by atoms with van der Waals surface area (Å²) in [6, 6.07) is 14.0. The molecule has 1 saturated heterocycles. The van der Waals surface area contributed by atoms with Gasteiger partial charge < -0.3 is 19.4 Å². The Bertz CT molecular complexity index is 1070. The molecule has 3 aromatic rings. The van der Waals surface area contributed by atoms with Gasteiger partial charge in [-0.3, -0.25) is 9.69 Å². The normalized spacial score (nSPS) is 14.4. The number of hydrogen-bond acceptors (Lipinski definition) is 7. The molecule has 32 heavy (non-hydrogen) atoms. The highest BCUT2D eigenvalue weighted by atomic mass is 32.1. The zero-order valence-corrected chi connectivity index (χ0v) is 19.1. The van der Waals surface area contributed by atoms with Gasteiger partial charge in [0, 0.05) is 42.8 Å². The number of rotatable bonds is 7. The number of furan rings is 1. The van der Waals surface area contributed by atoms with Gasteiger partial charge >= 0.3 is 5.97 Å². The number of hydrogen-bond donors (Lipinski definition) is 1. The third-order valence-corrected chi connectivity index (χ3v) is 6.29. The molecule has 2 aromatic heterocycles. The van der Waals surface area contributed by atoms with Crippen molar-refractivity contribution in [2.75, 3.05) is 49.5 Å². The van der Waals surface area contributed by atoms with Gasteiger partial charge in [0.1, 0.15) is 22.1 Å². The Morgan fingerprint density at radius 1 is 1.09 bits per heavy atom. The van der Waals surface area contributed by atoms with Crippen LogP contribution in [-0.4, -0.2) is 56.1 Å². The SMILES string of the molecule is CCOC(=O)c1c(-c2ccc(C)o2)csc1NC(=O)CN1CCN(c2ccccc2)CC1. The first-order valence-corrected chi connectivity index (χ1v) is 11.6. The van der Waals surface area contributed by atoms with E-state index in [0.717, 1.165) is 31.9 Å². The van der Waals surface area contributed by atoms with Crippen LogP contribution in [0.25, 0.3) is 11.3 Å². The molecule has 4 rings (SSSR count). The first kappa shape index (κ1) is 22.1. The lowest BCUT2D eigenvalue weighted by Gasteiger charge is -2.35. The predicted octanol–water partition coefficient (Wildman–Crippen LogP) is 4.25. The van der Waals surface area contributed by atoms with Crippen LogP contribution in [0.5, 0.6) is 0 Å². The molecule has 1 N–H and O–H groups in total. The number of anilines is 2. The molecule has 1 aromatic carbocycles. The highest BCUT2D eigenvalue weighted by molar-refractivity contribution is 7.15. The fourth-order valence-corrected chi connectivity index (χ4v) is 4.74. The number of amides is 1. The van der Waals surface area contributed by atoms with Gasteiger partial charge in [-0.05, 0) is 38.1 Å². The lowest BCUT2D eigenvalue weighted by atomic mass is 10.1. The molecule has 1 aliphatic rings. The maximum absolute atomic E-state index is 12.8. The number of benzene rings is 1. The van der Waals surface area contributed by atoms with Crippen molar-refractivity contribution in [3.8, 4) is 11.3 Å². The number of ether oxygens (including phenoxy) is 1. The minimum atomic E-state index is -0.468. The Balaban J connectivity index is 1.41. The van der Waals surface area contributed by atoms with Crippen molar-refractivity contribution in [2.45, 2.75) is 13.8 Å². The van der Waals surface area contributed by atoms with Crippen molar-refractivity contribution in [2.24, 2.45) is 0 Å². The smallest absolute Gasteiger partial charge is 0.341 e. The number of piperazine rings is 1. The first-order valence-electron chi connectivity index (χ1n) is 10.7. The number of carbonyl (C=O) groups is 2. The summed E-state index contributed by atoms with van der Waals surface area (Å²) in [6.07, 6.45) is 0. The Morgan fingerprint density at radius 2 is 1.84 bits per heavy atom. The van der Waals surface area contributed by atoms with Gasteiger partial charge in [0.2, 0.25) is 5.91 Å². The average Bonchev–Trinajstić information content (AvgIpc) is 3.41. The van der Waals surface area contributed by atoms with Crippen LogP contribution in [0.3, 0.4) is 0 Å². The number of nitrogens with one attached hydrogen (secondary N) is 1. The molecule has 3 heterocycles. The van der Waals surface area contributed by atoms with E-state index < -0.39 is 5.97 Å². The number of aryl methyl sites for hydroxylation is 1. The molecule has 0 radical (unpaired) electrons. The zero-order chi connectivity index (χ0) is 22.5. The van der Waals surface area contributed by atoms with Crippen molar-refractivity contribution in [1.29, 1.82) is 0 Å². The molecule has 1 aliphatic heterocycles. The molecule has 168 valence electrons. The first-order chi connectivity index (χ1) is 15.5. The van der Waals surface area contributed by atoms with Crippen molar-refractivity contribution in [3.05, 3.63) is 59.2 Å². The van der Waals surface area contributed by atoms with Gasteiger partial charge in [-0.2, -0.15) is 0 Å². The monoisotopic (exact) mass is 453 g/mol.